The number of imidazole rings is 1. The molecule has 2 N–H and O–H groups in total. The fourth-order valence-electron chi connectivity index (χ4n) is 2.66. The summed E-state index contributed by atoms with van der Waals surface area (Å²) in [6.45, 7) is 3.39. The first-order valence-electron chi connectivity index (χ1n) is 8.93. The summed E-state index contributed by atoms with van der Waals surface area (Å²) in [6.07, 6.45) is 4.86. The van der Waals surface area contributed by atoms with Crippen LogP contribution in [0.1, 0.15) is 12.6 Å². The third-order valence-corrected chi connectivity index (χ3v) is 4.27. The van der Waals surface area contributed by atoms with E-state index in [2.05, 4.69) is 26.8 Å². The molecular formula is C20H24ClN5O. The lowest BCUT2D eigenvalue weighted by atomic mass is 10.3. The van der Waals surface area contributed by atoms with Crippen LogP contribution in [-0.2, 0) is 6.42 Å². The first-order valence-corrected chi connectivity index (χ1v) is 9.31. The number of guanidine groups is 1. The highest BCUT2D eigenvalue weighted by atomic mass is 35.5. The van der Waals surface area contributed by atoms with Crippen molar-refractivity contribution in [3.63, 3.8) is 0 Å². The van der Waals surface area contributed by atoms with Crippen molar-refractivity contribution in [1.82, 2.24) is 20.0 Å². The maximum atomic E-state index is 5.89. The van der Waals surface area contributed by atoms with Crippen molar-refractivity contribution in [2.75, 3.05) is 20.1 Å². The maximum Gasteiger partial charge on any atom is 0.191 e. The van der Waals surface area contributed by atoms with Crippen LogP contribution in [0.3, 0.4) is 0 Å². The van der Waals surface area contributed by atoms with Crippen LogP contribution in [0.25, 0.3) is 5.65 Å². The Bertz CT molecular complexity index is 858. The van der Waals surface area contributed by atoms with Crippen LogP contribution < -0.4 is 15.4 Å². The van der Waals surface area contributed by atoms with Gasteiger partial charge in [-0.2, -0.15) is 0 Å². The minimum atomic E-state index is -0.0110. The van der Waals surface area contributed by atoms with E-state index in [0.717, 1.165) is 36.0 Å². The minimum absolute atomic E-state index is 0.0110. The Morgan fingerprint density at radius 2 is 2.04 bits per heavy atom. The Morgan fingerprint density at radius 3 is 2.78 bits per heavy atom. The molecule has 0 saturated heterocycles. The first kappa shape index (κ1) is 19.0. The molecule has 1 atom stereocenters. The van der Waals surface area contributed by atoms with E-state index < -0.39 is 0 Å². The molecule has 0 aliphatic carbocycles. The third kappa shape index (κ3) is 5.62. The average molecular weight is 386 g/mol. The zero-order chi connectivity index (χ0) is 19.1. The maximum absolute atomic E-state index is 5.89. The number of benzene rings is 1. The third-order valence-electron chi connectivity index (χ3n) is 4.02. The Kier molecular flexibility index (Phi) is 6.54. The second-order valence-corrected chi connectivity index (χ2v) is 6.65. The zero-order valence-corrected chi connectivity index (χ0v) is 16.3. The molecule has 2 aromatic heterocycles. The summed E-state index contributed by atoms with van der Waals surface area (Å²) in [5.74, 6) is 1.54. The number of hydrogen-bond donors (Lipinski definition) is 2. The molecule has 3 rings (SSSR count). The van der Waals surface area contributed by atoms with E-state index in [-0.39, 0.29) is 6.10 Å². The van der Waals surface area contributed by atoms with E-state index in [1.54, 1.807) is 7.05 Å². The molecule has 142 valence electrons. The number of nitrogens with zero attached hydrogens (tertiary/aromatic N) is 3. The molecule has 0 saturated carbocycles. The monoisotopic (exact) mass is 385 g/mol. The predicted octanol–water partition coefficient (Wildman–Crippen LogP) is 3.16. The number of ether oxygens (including phenoxy) is 1. The van der Waals surface area contributed by atoms with Gasteiger partial charge in [0.2, 0.25) is 0 Å². The molecule has 6 nitrogen and oxygen atoms in total. The summed E-state index contributed by atoms with van der Waals surface area (Å²) < 4.78 is 7.88. The van der Waals surface area contributed by atoms with Crippen LogP contribution in [0.5, 0.6) is 5.75 Å². The molecule has 1 aromatic carbocycles. The molecule has 0 amide bonds. The molecule has 0 aliphatic rings. The highest BCUT2D eigenvalue weighted by molar-refractivity contribution is 6.30. The van der Waals surface area contributed by atoms with Crippen molar-refractivity contribution in [3.05, 3.63) is 65.6 Å². The first-order chi connectivity index (χ1) is 13.1. The van der Waals surface area contributed by atoms with E-state index in [0.29, 0.717) is 11.6 Å². The molecule has 0 fully saturated rings. The van der Waals surface area contributed by atoms with Gasteiger partial charge in [-0.05, 0) is 43.3 Å². The van der Waals surface area contributed by atoms with Crippen molar-refractivity contribution >= 4 is 23.2 Å². The van der Waals surface area contributed by atoms with Gasteiger partial charge in [-0.25, -0.2) is 4.98 Å². The lowest BCUT2D eigenvalue weighted by Gasteiger charge is -2.17. The van der Waals surface area contributed by atoms with Crippen molar-refractivity contribution in [2.24, 2.45) is 4.99 Å². The fraction of sp³-hybridized carbons (Fsp3) is 0.300. The van der Waals surface area contributed by atoms with Gasteiger partial charge in [-0.3, -0.25) is 4.99 Å². The standard InChI is InChI=1S/C20H24ClN5O/c1-15(27-18-8-6-16(21)7-9-18)13-24-20(22-2)23-11-10-17-14-26-12-4-3-5-19(26)25-17/h3-9,12,14-15H,10-11,13H2,1-2H3,(H2,22,23,24). The Morgan fingerprint density at radius 1 is 1.22 bits per heavy atom. The van der Waals surface area contributed by atoms with E-state index in [1.165, 1.54) is 0 Å². The highest BCUT2D eigenvalue weighted by Gasteiger charge is 2.06. The lowest BCUT2D eigenvalue weighted by molar-refractivity contribution is 0.224. The van der Waals surface area contributed by atoms with Gasteiger partial charge in [0.25, 0.3) is 0 Å². The van der Waals surface area contributed by atoms with Gasteiger partial charge in [0, 0.05) is 37.4 Å². The number of halogens is 1. The molecule has 0 aliphatic heterocycles. The predicted molar refractivity (Wildman–Crippen MR) is 110 cm³/mol. The smallest absolute Gasteiger partial charge is 0.191 e. The van der Waals surface area contributed by atoms with Gasteiger partial charge in [-0.1, -0.05) is 17.7 Å². The molecule has 7 heteroatoms. The molecule has 27 heavy (non-hydrogen) atoms. The summed E-state index contributed by atoms with van der Waals surface area (Å²) >= 11 is 5.89. The summed E-state index contributed by atoms with van der Waals surface area (Å²) in [5, 5.41) is 7.28. The Balaban J connectivity index is 1.41. The Labute approximate surface area is 164 Å². The van der Waals surface area contributed by atoms with E-state index in [1.807, 2.05) is 60.0 Å². The van der Waals surface area contributed by atoms with Crippen LogP contribution in [0.2, 0.25) is 5.02 Å². The number of rotatable bonds is 7. The van der Waals surface area contributed by atoms with Gasteiger partial charge >= 0.3 is 0 Å². The quantitative estimate of drug-likeness (QED) is 0.484. The van der Waals surface area contributed by atoms with Gasteiger partial charge in [0.15, 0.2) is 5.96 Å². The second-order valence-electron chi connectivity index (χ2n) is 6.21. The van der Waals surface area contributed by atoms with Crippen LogP contribution in [0.4, 0.5) is 0 Å². The van der Waals surface area contributed by atoms with Crippen molar-refractivity contribution in [1.29, 1.82) is 0 Å². The number of aromatic nitrogens is 2. The van der Waals surface area contributed by atoms with Crippen LogP contribution in [0.15, 0.2) is 59.9 Å². The molecule has 3 aromatic rings. The van der Waals surface area contributed by atoms with Crippen molar-refractivity contribution in [3.8, 4) is 5.75 Å². The Hall–Kier alpha value is -2.73. The van der Waals surface area contributed by atoms with E-state index in [4.69, 9.17) is 16.3 Å². The number of nitrogens with one attached hydrogen (secondary N) is 2. The molecule has 2 heterocycles. The summed E-state index contributed by atoms with van der Waals surface area (Å²) in [5.41, 5.74) is 2.01. The molecular weight excluding hydrogens is 362 g/mol. The van der Waals surface area contributed by atoms with Crippen LogP contribution in [0, 0.1) is 0 Å². The molecule has 0 bridgehead atoms. The van der Waals surface area contributed by atoms with E-state index in [9.17, 15) is 0 Å². The SMILES string of the molecule is CN=C(NCCc1cn2ccccc2n1)NCC(C)Oc1ccc(Cl)cc1. The zero-order valence-electron chi connectivity index (χ0n) is 15.5. The number of hydrogen-bond acceptors (Lipinski definition) is 3. The van der Waals surface area contributed by atoms with Gasteiger partial charge in [0.05, 0.1) is 12.2 Å². The minimum Gasteiger partial charge on any atom is -0.489 e. The summed E-state index contributed by atoms with van der Waals surface area (Å²) in [4.78, 5) is 8.84. The number of fused-ring (bicyclic) bond motifs is 1. The van der Waals surface area contributed by atoms with Gasteiger partial charge in [0.1, 0.15) is 17.5 Å². The van der Waals surface area contributed by atoms with Crippen LogP contribution >= 0.6 is 11.6 Å². The second kappa shape index (κ2) is 9.28. The number of aliphatic imine (C=N–C) groups is 1. The summed E-state index contributed by atoms with van der Waals surface area (Å²) in [6, 6.07) is 13.3. The summed E-state index contributed by atoms with van der Waals surface area (Å²) in [7, 11) is 1.75. The topological polar surface area (TPSA) is 63.0 Å². The number of pyridine rings is 1. The van der Waals surface area contributed by atoms with Gasteiger partial charge in [-0.15, -0.1) is 0 Å². The van der Waals surface area contributed by atoms with Crippen molar-refractivity contribution < 1.29 is 4.74 Å². The fourth-order valence-corrected chi connectivity index (χ4v) is 2.79. The molecule has 0 radical (unpaired) electrons. The molecule has 0 spiro atoms. The highest BCUT2D eigenvalue weighted by Crippen LogP contribution is 2.16. The van der Waals surface area contributed by atoms with Gasteiger partial charge < -0.3 is 19.8 Å². The lowest BCUT2D eigenvalue weighted by Crippen LogP contribution is -2.42. The van der Waals surface area contributed by atoms with Crippen molar-refractivity contribution in [2.45, 2.75) is 19.4 Å². The van der Waals surface area contributed by atoms with E-state index >= 15 is 0 Å². The van der Waals surface area contributed by atoms with Crippen LogP contribution in [-0.4, -0.2) is 41.6 Å². The normalized spacial score (nSPS) is 12.8. The average Bonchev–Trinajstić information content (AvgIpc) is 3.09. The largest absolute Gasteiger partial charge is 0.489 e. The molecule has 1 unspecified atom stereocenters.